The molecule has 6 rings (SSSR count). The number of aromatic amines is 1. The molecule has 166 valence electrons. The smallest absolute Gasteiger partial charge is 0.305 e. The molecular weight excluding hydrogens is 450 g/mol. The van der Waals surface area contributed by atoms with Crippen LogP contribution in [0.1, 0.15) is 35.6 Å². The normalized spacial score (nSPS) is 34.5. The summed E-state index contributed by atoms with van der Waals surface area (Å²) in [6.45, 7) is 0.172. The van der Waals surface area contributed by atoms with E-state index in [1.54, 1.807) is 18.0 Å². The fourth-order valence-corrected chi connectivity index (χ4v) is 9.51. The van der Waals surface area contributed by atoms with Crippen LogP contribution in [0.15, 0.2) is 34.3 Å². The van der Waals surface area contributed by atoms with Crippen LogP contribution in [-0.2, 0) is 14.4 Å². The van der Waals surface area contributed by atoms with Crippen LogP contribution in [0.2, 0.25) is 0 Å². The van der Waals surface area contributed by atoms with Gasteiger partial charge in [-0.15, -0.1) is 11.8 Å². The van der Waals surface area contributed by atoms with Crippen LogP contribution in [0.4, 0.5) is 0 Å². The number of aliphatic carboxylic acids is 1. The molecule has 7 atom stereocenters. The quantitative estimate of drug-likeness (QED) is 0.641. The van der Waals surface area contributed by atoms with Gasteiger partial charge in [0.1, 0.15) is 0 Å². The molecule has 32 heavy (non-hydrogen) atoms. The lowest BCUT2D eigenvalue weighted by Crippen LogP contribution is -2.42. The number of hydrogen-bond acceptors (Lipinski definition) is 7. The van der Waals surface area contributed by atoms with E-state index in [9.17, 15) is 19.2 Å². The summed E-state index contributed by atoms with van der Waals surface area (Å²) >= 11 is 2.89. The first kappa shape index (κ1) is 20.2. The Balaban J connectivity index is 1.37. The second-order valence-corrected chi connectivity index (χ2v) is 11.3. The molecule has 0 radical (unpaired) electrons. The van der Waals surface area contributed by atoms with Crippen molar-refractivity contribution in [2.24, 2.45) is 29.6 Å². The predicted molar refractivity (Wildman–Crippen MR) is 116 cm³/mol. The minimum absolute atomic E-state index is 0.0196. The summed E-state index contributed by atoms with van der Waals surface area (Å²) in [5.74, 6) is -1.58. The van der Waals surface area contributed by atoms with Gasteiger partial charge in [0.2, 0.25) is 11.8 Å². The molecular formula is C22H21N3O5S2. The van der Waals surface area contributed by atoms with E-state index >= 15 is 0 Å². The average molecular weight is 472 g/mol. The summed E-state index contributed by atoms with van der Waals surface area (Å²) in [6.07, 6.45) is 4.63. The van der Waals surface area contributed by atoms with Gasteiger partial charge in [-0.1, -0.05) is 17.4 Å². The highest BCUT2D eigenvalue weighted by molar-refractivity contribution is 8.00. The van der Waals surface area contributed by atoms with E-state index in [0.29, 0.717) is 0 Å². The highest BCUT2D eigenvalue weighted by atomic mass is 32.2. The third-order valence-corrected chi connectivity index (χ3v) is 10.2. The Morgan fingerprint density at radius 3 is 2.72 bits per heavy atom. The van der Waals surface area contributed by atoms with Crippen molar-refractivity contribution in [3.63, 3.8) is 0 Å². The maximum atomic E-state index is 13.3. The minimum Gasteiger partial charge on any atom is -0.481 e. The van der Waals surface area contributed by atoms with Gasteiger partial charge in [-0.25, -0.2) is 0 Å². The third kappa shape index (κ3) is 2.78. The Kier molecular flexibility index (Phi) is 4.59. The van der Waals surface area contributed by atoms with Gasteiger partial charge in [0.05, 0.1) is 16.9 Å². The number of nitrogens with zero attached hydrogens (tertiary/aromatic N) is 2. The molecule has 0 aromatic carbocycles. The van der Waals surface area contributed by atoms with E-state index in [-0.39, 0.29) is 76.8 Å². The predicted octanol–water partition coefficient (Wildman–Crippen LogP) is 2.17. The Labute approximate surface area is 191 Å². The fraction of sp³-hybridized carbons (Fsp3) is 0.500. The molecule has 2 aromatic heterocycles. The zero-order valence-corrected chi connectivity index (χ0v) is 18.6. The van der Waals surface area contributed by atoms with Crippen molar-refractivity contribution < 1.29 is 19.5 Å². The summed E-state index contributed by atoms with van der Waals surface area (Å²) in [7, 11) is 0. The van der Waals surface area contributed by atoms with Crippen molar-refractivity contribution in [3.05, 3.63) is 44.6 Å². The number of H-pyrrole nitrogens is 1. The molecule has 2 N–H and O–H groups in total. The summed E-state index contributed by atoms with van der Waals surface area (Å²) in [5, 5.41) is 9.95. The van der Waals surface area contributed by atoms with Gasteiger partial charge in [-0.05, 0) is 42.2 Å². The number of fused-ring (bicyclic) bond motifs is 9. The molecule has 4 heterocycles. The molecule has 2 aliphatic carbocycles. The molecule has 8 nitrogen and oxygen atoms in total. The molecule has 10 heteroatoms. The lowest BCUT2D eigenvalue weighted by atomic mass is 9.68. The first-order valence-electron chi connectivity index (χ1n) is 10.8. The van der Waals surface area contributed by atoms with Gasteiger partial charge in [0, 0.05) is 41.4 Å². The van der Waals surface area contributed by atoms with Crippen LogP contribution in [-0.4, -0.2) is 49.6 Å². The van der Waals surface area contributed by atoms with Crippen LogP contribution in [0.5, 0.6) is 0 Å². The second-order valence-electron chi connectivity index (χ2n) is 9.07. The van der Waals surface area contributed by atoms with Crippen LogP contribution < -0.4 is 4.87 Å². The van der Waals surface area contributed by atoms with E-state index < -0.39 is 5.97 Å². The maximum Gasteiger partial charge on any atom is 0.305 e. The monoisotopic (exact) mass is 471 g/mol. The summed E-state index contributed by atoms with van der Waals surface area (Å²) < 4.78 is 0. The lowest BCUT2D eigenvalue weighted by Gasteiger charge is -2.42. The first-order valence-corrected chi connectivity index (χ1v) is 12.5. The Hall–Kier alpha value is -2.46. The van der Waals surface area contributed by atoms with Gasteiger partial charge >= 0.3 is 10.8 Å². The number of thiazole rings is 1. The van der Waals surface area contributed by atoms with Crippen molar-refractivity contribution >= 4 is 40.9 Å². The van der Waals surface area contributed by atoms with Crippen molar-refractivity contribution in [1.82, 2.24) is 14.9 Å². The van der Waals surface area contributed by atoms with Gasteiger partial charge in [0.25, 0.3) is 0 Å². The van der Waals surface area contributed by atoms with Gasteiger partial charge in [0.15, 0.2) is 0 Å². The largest absolute Gasteiger partial charge is 0.481 e. The number of imide groups is 1. The van der Waals surface area contributed by atoms with Crippen LogP contribution in [0.25, 0.3) is 0 Å². The summed E-state index contributed by atoms with van der Waals surface area (Å²) in [6, 6.07) is 3.92. The average Bonchev–Trinajstić information content (AvgIpc) is 3.49. The molecule has 1 saturated heterocycles. The van der Waals surface area contributed by atoms with Gasteiger partial charge in [-0.3, -0.25) is 29.1 Å². The highest BCUT2D eigenvalue weighted by Gasteiger charge is 2.69. The zero-order chi connectivity index (χ0) is 22.1. The van der Waals surface area contributed by atoms with Crippen LogP contribution in [0.3, 0.4) is 0 Å². The molecule has 2 aromatic rings. The number of likely N-dealkylation sites (tertiary alicyclic amines) is 1. The molecule has 3 fully saturated rings. The minimum atomic E-state index is -0.925. The Morgan fingerprint density at radius 1 is 1.22 bits per heavy atom. The number of hydrogen-bond donors (Lipinski definition) is 2. The Bertz CT molecular complexity index is 1180. The maximum absolute atomic E-state index is 13.3. The van der Waals surface area contributed by atoms with Crippen LogP contribution in [0, 0.1) is 29.6 Å². The van der Waals surface area contributed by atoms with Crippen molar-refractivity contribution in [2.75, 3.05) is 6.54 Å². The number of amides is 2. The van der Waals surface area contributed by atoms with Crippen molar-refractivity contribution in [3.8, 4) is 0 Å². The molecule has 2 aliphatic heterocycles. The fourth-order valence-electron chi connectivity index (χ4n) is 6.62. The SMILES string of the molecule is O=C(O)CCCN1C(=O)[C@@H]2[C@H]3C[C@@H]([C@@H]4Sc5[nH]c(=O)sc5[C@H](c5cccnc5)[C@@H]34)[C@H]2C1=O. The number of carboxylic acid groups (broad SMARTS) is 1. The summed E-state index contributed by atoms with van der Waals surface area (Å²) in [4.78, 5) is 59.1. The number of nitrogens with one attached hydrogen (secondary N) is 1. The number of pyridine rings is 1. The molecule has 2 bridgehead atoms. The van der Waals surface area contributed by atoms with E-state index in [4.69, 9.17) is 5.11 Å². The number of rotatable bonds is 5. The number of carbonyl (C=O) groups excluding carboxylic acids is 2. The summed E-state index contributed by atoms with van der Waals surface area (Å²) in [5.41, 5.74) is 1.04. The lowest BCUT2D eigenvalue weighted by molar-refractivity contribution is -0.142. The zero-order valence-electron chi connectivity index (χ0n) is 17.0. The molecule has 2 amide bonds. The standard InChI is InChI=1S/C22H21N3O5S2/c26-12(27)4-2-6-25-20(28)15-10-7-11(16(15)21(25)29)17-14(10)13(9-3-1-5-23-8-9)18-19(31-17)24-22(30)32-18/h1,3,5,8,10-11,13-17H,2,4,6-7H2,(H,24,30)(H,26,27)/t10-,11+,13+,14+,15+,16+,17-/m0/s1. The van der Waals surface area contributed by atoms with E-state index in [1.165, 1.54) is 16.2 Å². The van der Waals surface area contributed by atoms with Gasteiger partial charge in [-0.2, -0.15) is 0 Å². The van der Waals surface area contributed by atoms with Gasteiger partial charge < -0.3 is 10.1 Å². The number of carboxylic acids is 1. The van der Waals surface area contributed by atoms with E-state index in [0.717, 1.165) is 21.9 Å². The topological polar surface area (TPSA) is 120 Å². The van der Waals surface area contributed by atoms with E-state index in [2.05, 4.69) is 9.97 Å². The van der Waals surface area contributed by atoms with E-state index in [1.807, 2.05) is 18.3 Å². The van der Waals surface area contributed by atoms with Crippen molar-refractivity contribution in [2.45, 2.75) is 35.5 Å². The molecule has 0 unspecified atom stereocenters. The number of thioether (sulfide) groups is 1. The molecule has 4 aliphatic rings. The molecule has 0 spiro atoms. The number of carbonyl (C=O) groups is 3. The Morgan fingerprint density at radius 2 is 2.00 bits per heavy atom. The third-order valence-electron chi connectivity index (χ3n) is 7.63. The van der Waals surface area contributed by atoms with Crippen LogP contribution >= 0.6 is 23.1 Å². The molecule has 2 saturated carbocycles. The first-order chi connectivity index (χ1) is 15.5. The highest BCUT2D eigenvalue weighted by Crippen LogP contribution is 2.68. The second kappa shape index (κ2) is 7.28. The van der Waals surface area contributed by atoms with Crippen molar-refractivity contribution in [1.29, 1.82) is 0 Å². The number of aromatic nitrogens is 2.